The predicted octanol–water partition coefficient (Wildman–Crippen LogP) is 3.48. The van der Waals surface area contributed by atoms with Crippen LogP contribution < -0.4 is 15.4 Å². The van der Waals surface area contributed by atoms with Gasteiger partial charge >= 0.3 is 0 Å². The van der Waals surface area contributed by atoms with E-state index in [1.807, 2.05) is 36.4 Å². The van der Waals surface area contributed by atoms with E-state index < -0.39 is 0 Å². The summed E-state index contributed by atoms with van der Waals surface area (Å²) in [6.45, 7) is 2.21. The highest BCUT2D eigenvalue weighted by Gasteiger charge is 2.19. The lowest BCUT2D eigenvalue weighted by atomic mass is 10.1. The lowest BCUT2D eigenvalue weighted by Gasteiger charge is -2.25. The Morgan fingerprint density at radius 1 is 1.19 bits per heavy atom. The molecule has 2 aromatic rings. The molecular formula is C16H15BrN2OS. The smallest absolute Gasteiger partial charge is 0.124 e. The second-order valence-electron chi connectivity index (χ2n) is 4.88. The molecule has 0 saturated heterocycles. The normalized spacial score (nSPS) is 14.0. The average molecular weight is 363 g/mol. The molecule has 0 radical (unpaired) electrons. The summed E-state index contributed by atoms with van der Waals surface area (Å²) in [7, 11) is 0. The first kappa shape index (κ1) is 14.4. The number of para-hydroxylation sites is 1. The SMILES string of the molecule is NC(=S)c1c(Br)cccc1N1CCOc2ccccc2C1. The van der Waals surface area contributed by atoms with E-state index in [0.717, 1.165) is 34.6 Å². The molecule has 2 N–H and O–H groups in total. The van der Waals surface area contributed by atoms with E-state index in [1.165, 1.54) is 5.56 Å². The molecule has 108 valence electrons. The molecule has 0 aliphatic carbocycles. The maximum Gasteiger partial charge on any atom is 0.124 e. The molecule has 0 aromatic heterocycles. The molecular weight excluding hydrogens is 348 g/mol. The fraction of sp³-hybridized carbons (Fsp3) is 0.188. The van der Waals surface area contributed by atoms with Crippen molar-refractivity contribution in [2.75, 3.05) is 18.1 Å². The van der Waals surface area contributed by atoms with Crippen LogP contribution in [0.15, 0.2) is 46.9 Å². The van der Waals surface area contributed by atoms with Crippen molar-refractivity contribution < 1.29 is 4.74 Å². The minimum Gasteiger partial charge on any atom is -0.491 e. The second kappa shape index (κ2) is 6.03. The Morgan fingerprint density at radius 2 is 2.00 bits per heavy atom. The van der Waals surface area contributed by atoms with E-state index in [1.54, 1.807) is 0 Å². The Morgan fingerprint density at radius 3 is 2.81 bits per heavy atom. The lowest BCUT2D eigenvalue weighted by molar-refractivity contribution is 0.331. The van der Waals surface area contributed by atoms with Gasteiger partial charge < -0.3 is 15.4 Å². The summed E-state index contributed by atoms with van der Waals surface area (Å²) in [4.78, 5) is 2.65. The molecule has 1 heterocycles. The first-order valence-electron chi connectivity index (χ1n) is 6.71. The Balaban J connectivity index is 2.02. The zero-order valence-corrected chi connectivity index (χ0v) is 13.8. The van der Waals surface area contributed by atoms with Crippen LogP contribution in [0, 0.1) is 0 Å². The summed E-state index contributed by atoms with van der Waals surface area (Å²) in [5.41, 5.74) is 8.99. The number of thiocarbonyl (C=S) groups is 1. The van der Waals surface area contributed by atoms with Gasteiger partial charge in [-0.05, 0) is 34.1 Å². The Kier molecular flexibility index (Phi) is 4.12. The van der Waals surface area contributed by atoms with Gasteiger partial charge in [0.2, 0.25) is 0 Å². The lowest BCUT2D eigenvalue weighted by Crippen LogP contribution is -2.28. The van der Waals surface area contributed by atoms with E-state index in [4.69, 9.17) is 22.7 Å². The highest BCUT2D eigenvalue weighted by atomic mass is 79.9. The number of nitrogens with zero attached hydrogens (tertiary/aromatic N) is 1. The van der Waals surface area contributed by atoms with Crippen LogP contribution >= 0.6 is 28.1 Å². The van der Waals surface area contributed by atoms with Gasteiger partial charge in [0, 0.05) is 27.8 Å². The fourth-order valence-corrected chi connectivity index (χ4v) is 3.47. The molecule has 1 aliphatic rings. The molecule has 0 atom stereocenters. The minimum atomic E-state index is 0.399. The largest absolute Gasteiger partial charge is 0.491 e. The standard InChI is InChI=1S/C16H15BrN2OS/c17-12-5-3-6-13(15(12)16(18)21)19-8-9-20-14-7-2-1-4-11(14)10-19/h1-7H,8-10H2,(H2,18,21). The van der Waals surface area contributed by atoms with E-state index >= 15 is 0 Å². The van der Waals surface area contributed by atoms with Crippen LogP contribution in [0.5, 0.6) is 5.75 Å². The van der Waals surface area contributed by atoms with E-state index in [2.05, 4.69) is 26.9 Å². The quantitative estimate of drug-likeness (QED) is 0.830. The van der Waals surface area contributed by atoms with Gasteiger partial charge in [-0.25, -0.2) is 0 Å². The van der Waals surface area contributed by atoms with Crippen molar-refractivity contribution in [1.29, 1.82) is 0 Å². The monoisotopic (exact) mass is 362 g/mol. The van der Waals surface area contributed by atoms with Gasteiger partial charge in [-0.15, -0.1) is 0 Å². The van der Waals surface area contributed by atoms with Gasteiger partial charge in [-0.1, -0.05) is 36.5 Å². The van der Waals surface area contributed by atoms with Crippen LogP contribution in [0.3, 0.4) is 0 Å². The minimum absolute atomic E-state index is 0.399. The first-order valence-corrected chi connectivity index (χ1v) is 7.91. The number of hydrogen-bond donors (Lipinski definition) is 1. The Bertz CT molecular complexity index is 690. The van der Waals surface area contributed by atoms with Crippen molar-refractivity contribution in [3.8, 4) is 5.75 Å². The molecule has 0 saturated carbocycles. The predicted molar refractivity (Wildman–Crippen MR) is 93.0 cm³/mol. The van der Waals surface area contributed by atoms with Gasteiger partial charge in [0.25, 0.3) is 0 Å². The molecule has 3 nitrogen and oxygen atoms in total. The number of hydrogen-bond acceptors (Lipinski definition) is 3. The molecule has 2 aromatic carbocycles. The summed E-state index contributed by atoms with van der Waals surface area (Å²) in [5, 5.41) is 0. The summed E-state index contributed by atoms with van der Waals surface area (Å²) in [5.74, 6) is 0.951. The van der Waals surface area contributed by atoms with E-state index in [9.17, 15) is 0 Å². The third-order valence-electron chi connectivity index (χ3n) is 3.53. The maximum atomic E-state index is 5.90. The second-order valence-corrected chi connectivity index (χ2v) is 6.17. The van der Waals surface area contributed by atoms with Gasteiger partial charge in [-0.3, -0.25) is 0 Å². The average Bonchev–Trinajstić information content (AvgIpc) is 2.68. The van der Waals surface area contributed by atoms with Gasteiger partial charge in [0.05, 0.1) is 6.54 Å². The van der Waals surface area contributed by atoms with Crippen molar-refractivity contribution in [3.05, 3.63) is 58.1 Å². The molecule has 0 bridgehead atoms. The zero-order valence-electron chi connectivity index (χ0n) is 11.4. The van der Waals surface area contributed by atoms with Crippen molar-refractivity contribution in [2.24, 2.45) is 5.73 Å². The summed E-state index contributed by atoms with van der Waals surface area (Å²) < 4.78 is 6.74. The Labute approximate surface area is 137 Å². The maximum absolute atomic E-state index is 5.90. The van der Waals surface area contributed by atoms with Crippen LogP contribution in [-0.2, 0) is 6.54 Å². The van der Waals surface area contributed by atoms with Crippen molar-refractivity contribution in [3.63, 3.8) is 0 Å². The number of anilines is 1. The van der Waals surface area contributed by atoms with E-state index in [0.29, 0.717) is 11.6 Å². The van der Waals surface area contributed by atoms with Gasteiger partial charge in [0.1, 0.15) is 17.3 Å². The first-order chi connectivity index (χ1) is 10.2. The third kappa shape index (κ3) is 2.89. The molecule has 21 heavy (non-hydrogen) atoms. The fourth-order valence-electron chi connectivity index (χ4n) is 2.55. The summed E-state index contributed by atoms with van der Waals surface area (Å²) in [6.07, 6.45) is 0. The highest BCUT2D eigenvalue weighted by molar-refractivity contribution is 9.10. The van der Waals surface area contributed by atoms with Crippen molar-refractivity contribution >= 4 is 38.8 Å². The van der Waals surface area contributed by atoms with Crippen molar-refractivity contribution in [2.45, 2.75) is 6.54 Å². The molecule has 3 rings (SSSR count). The molecule has 5 heteroatoms. The van der Waals surface area contributed by atoms with E-state index in [-0.39, 0.29) is 0 Å². The molecule has 0 spiro atoms. The topological polar surface area (TPSA) is 38.5 Å². The number of rotatable bonds is 2. The van der Waals surface area contributed by atoms with Crippen LogP contribution in [0.1, 0.15) is 11.1 Å². The zero-order chi connectivity index (χ0) is 14.8. The highest BCUT2D eigenvalue weighted by Crippen LogP contribution is 2.31. The van der Waals surface area contributed by atoms with Crippen LogP contribution in [0.4, 0.5) is 5.69 Å². The van der Waals surface area contributed by atoms with Gasteiger partial charge in [0.15, 0.2) is 0 Å². The molecule has 0 amide bonds. The summed E-state index contributed by atoms with van der Waals surface area (Å²) in [6, 6.07) is 14.1. The number of nitrogens with two attached hydrogens (primary N) is 1. The molecule has 0 fully saturated rings. The molecule has 0 unspecified atom stereocenters. The van der Waals surface area contributed by atoms with Crippen molar-refractivity contribution in [1.82, 2.24) is 0 Å². The summed E-state index contributed by atoms with van der Waals surface area (Å²) >= 11 is 8.75. The van der Waals surface area contributed by atoms with Gasteiger partial charge in [-0.2, -0.15) is 0 Å². The van der Waals surface area contributed by atoms with Crippen LogP contribution in [0.2, 0.25) is 0 Å². The molecule has 1 aliphatic heterocycles. The number of fused-ring (bicyclic) bond motifs is 1. The number of ether oxygens (including phenoxy) is 1. The Hall–Kier alpha value is -1.59. The van der Waals surface area contributed by atoms with Crippen LogP contribution in [-0.4, -0.2) is 18.1 Å². The number of benzene rings is 2. The van der Waals surface area contributed by atoms with Crippen LogP contribution in [0.25, 0.3) is 0 Å². The third-order valence-corrected chi connectivity index (χ3v) is 4.40. The number of halogens is 1.